The third kappa shape index (κ3) is 3.94. The van der Waals surface area contributed by atoms with E-state index < -0.39 is 5.97 Å². The number of carboxylic acids is 1. The van der Waals surface area contributed by atoms with E-state index in [1.165, 1.54) is 11.1 Å². The number of aliphatic carboxylic acids is 1. The predicted molar refractivity (Wildman–Crippen MR) is 70.5 cm³/mol. The Kier molecular flexibility index (Phi) is 4.76. The Morgan fingerprint density at radius 3 is 2.76 bits per heavy atom. The molecule has 0 radical (unpaired) electrons. The van der Waals surface area contributed by atoms with Gasteiger partial charge in [-0.25, -0.2) is 4.79 Å². The number of carboxylic acid groups (broad SMARTS) is 1. The van der Waals surface area contributed by atoms with Gasteiger partial charge in [0.1, 0.15) is 0 Å². The van der Waals surface area contributed by atoms with E-state index in [2.05, 4.69) is 38.2 Å². The molecule has 3 heteroatoms. The van der Waals surface area contributed by atoms with Crippen LogP contribution in [0.15, 0.2) is 30.4 Å². The summed E-state index contributed by atoms with van der Waals surface area (Å²) in [6, 6.07) is 6.19. The minimum Gasteiger partial charge on any atom is -0.478 e. The summed E-state index contributed by atoms with van der Waals surface area (Å²) >= 11 is 0. The number of rotatable bonds is 5. The van der Waals surface area contributed by atoms with Crippen LogP contribution < -0.4 is 5.32 Å². The molecule has 0 aromatic heterocycles. The van der Waals surface area contributed by atoms with Gasteiger partial charge in [0.2, 0.25) is 0 Å². The largest absolute Gasteiger partial charge is 0.478 e. The van der Waals surface area contributed by atoms with Crippen LogP contribution in [0.5, 0.6) is 0 Å². The van der Waals surface area contributed by atoms with Gasteiger partial charge in [0.15, 0.2) is 0 Å². The minimum absolute atomic E-state index is 0.445. The summed E-state index contributed by atoms with van der Waals surface area (Å²) in [5.74, 6) is -0.471. The van der Waals surface area contributed by atoms with Crippen molar-refractivity contribution in [3.05, 3.63) is 41.5 Å². The third-order valence-electron chi connectivity index (χ3n) is 2.58. The van der Waals surface area contributed by atoms with E-state index in [1.54, 1.807) is 6.08 Å². The lowest BCUT2D eigenvalue weighted by molar-refractivity contribution is -0.131. The van der Waals surface area contributed by atoms with Crippen LogP contribution in [0.25, 0.3) is 0 Å². The monoisotopic (exact) mass is 233 g/mol. The molecule has 0 saturated heterocycles. The standard InChI is InChI=1S/C14H19NO2/c1-10(2)12-7-4-6-11(3)14(12)15-9-5-8-13(16)17/h4-8,10,15H,9H2,1-3H3,(H,16,17)/b8-5+. The highest BCUT2D eigenvalue weighted by Crippen LogP contribution is 2.27. The summed E-state index contributed by atoms with van der Waals surface area (Å²) in [5.41, 5.74) is 3.55. The van der Waals surface area contributed by atoms with E-state index in [1.807, 2.05) is 6.07 Å². The molecule has 2 N–H and O–H groups in total. The maximum absolute atomic E-state index is 10.3. The third-order valence-corrected chi connectivity index (χ3v) is 2.58. The second-order valence-corrected chi connectivity index (χ2v) is 4.32. The number of hydrogen-bond donors (Lipinski definition) is 2. The quantitative estimate of drug-likeness (QED) is 0.768. The molecule has 0 heterocycles. The number of para-hydroxylation sites is 1. The minimum atomic E-state index is -0.916. The fourth-order valence-electron chi connectivity index (χ4n) is 1.73. The smallest absolute Gasteiger partial charge is 0.328 e. The number of carbonyl (C=O) groups is 1. The van der Waals surface area contributed by atoms with Crippen molar-refractivity contribution in [3.8, 4) is 0 Å². The van der Waals surface area contributed by atoms with Crippen LogP contribution >= 0.6 is 0 Å². The lowest BCUT2D eigenvalue weighted by Gasteiger charge is -2.16. The number of aryl methyl sites for hydroxylation is 1. The van der Waals surface area contributed by atoms with Gasteiger partial charge in [-0.2, -0.15) is 0 Å². The molecule has 0 aliphatic carbocycles. The summed E-state index contributed by atoms with van der Waals surface area (Å²) in [6.07, 6.45) is 2.76. The number of anilines is 1. The van der Waals surface area contributed by atoms with Crippen molar-refractivity contribution < 1.29 is 9.90 Å². The van der Waals surface area contributed by atoms with Gasteiger partial charge < -0.3 is 10.4 Å². The van der Waals surface area contributed by atoms with Gasteiger partial charge in [-0.3, -0.25) is 0 Å². The zero-order valence-electron chi connectivity index (χ0n) is 10.5. The molecular formula is C14H19NO2. The molecule has 92 valence electrons. The molecular weight excluding hydrogens is 214 g/mol. The van der Waals surface area contributed by atoms with Gasteiger partial charge in [0.25, 0.3) is 0 Å². The maximum Gasteiger partial charge on any atom is 0.328 e. The van der Waals surface area contributed by atoms with Crippen molar-refractivity contribution in [2.45, 2.75) is 26.7 Å². The SMILES string of the molecule is Cc1cccc(C(C)C)c1NC/C=C/C(=O)O. The molecule has 0 aliphatic rings. The van der Waals surface area contributed by atoms with E-state index in [0.29, 0.717) is 12.5 Å². The van der Waals surface area contributed by atoms with Gasteiger partial charge in [-0.05, 0) is 24.0 Å². The maximum atomic E-state index is 10.3. The van der Waals surface area contributed by atoms with Crippen LogP contribution in [-0.4, -0.2) is 17.6 Å². The van der Waals surface area contributed by atoms with E-state index in [-0.39, 0.29) is 0 Å². The first-order chi connectivity index (χ1) is 8.02. The van der Waals surface area contributed by atoms with Crippen LogP contribution in [0.3, 0.4) is 0 Å². The van der Waals surface area contributed by atoms with Crippen LogP contribution in [-0.2, 0) is 4.79 Å². The van der Waals surface area contributed by atoms with Crippen molar-refractivity contribution in [2.75, 3.05) is 11.9 Å². The molecule has 0 fully saturated rings. The molecule has 0 atom stereocenters. The molecule has 0 aliphatic heterocycles. The molecule has 0 spiro atoms. The van der Waals surface area contributed by atoms with Gasteiger partial charge in [0.05, 0.1) is 0 Å². The number of nitrogens with one attached hydrogen (secondary N) is 1. The lowest BCUT2D eigenvalue weighted by Crippen LogP contribution is -2.05. The van der Waals surface area contributed by atoms with Crippen molar-refractivity contribution in [1.29, 1.82) is 0 Å². The highest BCUT2D eigenvalue weighted by Gasteiger charge is 2.07. The molecule has 1 rings (SSSR count). The van der Waals surface area contributed by atoms with Crippen LogP contribution in [0, 0.1) is 6.92 Å². The zero-order chi connectivity index (χ0) is 12.8. The molecule has 0 unspecified atom stereocenters. The van der Waals surface area contributed by atoms with Gasteiger partial charge in [0, 0.05) is 18.3 Å². The molecule has 17 heavy (non-hydrogen) atoms. The summed E-state index contributed by atoms with van der Waals surface area (Å²) < 4.78 is 0. The zero-order valence-corrected chi connectivity index (χ0v) is 10.5. The predicted octanol–water partition coefficient (Wildman–Crippen LogP) is 3.17. The second kappa shape index (κ2) is 6.09. The van der Waals surface area contributed by atoms with Crippen molar-refractivity contribution in [2.24, 2.45) is 0 Å². The number of hydrogen-bond acceptors (Lipinski definition) is 2. The Labute approximate surface area is 102 Å². The number of benzene rings is 1. The molecule has 0 amide bonds. The molecule has 3 nitrogen and oxygen atoms in total. The highest BCUT2D eigenvalue weighted by atomic mass is 16.4. The highest BCUT2D eigenvalue weighted by molar-refractivity contribution is 5.79. The van der Waals surface area contributed by atoms with Crippen LogP contribution in [0.4, 0.5) is 5.69 Å². The van der Waals surface area contributed by atoms with E-state index in [0.717, 1.165) is 11.8 Å². The summed E-state index contributed by atoms with van der Waals surface area (Å²) in [6.45, 7) is 6.87. The Hall–Kier alpha value is -1.77. The van der Waals surface area contributed by atoms with Crippen LogP contribution in [0.2, 0.25) is 0 Å². The first-order valence-electron chi connectivity index (χ1n) is 5.75. The van der Waals surface area contributed by atoms with E-state index >= 15 is 0 Å². The average molecular weight is 233 g/mol. The molecule has 1 aromatic carbocycles. The van der Waals surface area contributed by atoms with Gasteiger partial charge >= 0.3 is 5.97 Å². The summed E-state index contributed by atoms with van der Waals surface area (Å²) in [7, 11) is 0. The van der Waals surface area contributed by atoms with Gasteiger partial charge in [-0.15, -0.1) is 0 Å². The molecule has 0 saturated carbocycles. The molecule has 1 aromatic rings. The Bertz CT molecular complexity index is 422. The van der Waals surface area contributed by atoms with Gasteiger partial charge in [-0.1, -0.05) is 38.1 Å². The normalized spacial score (nSPS) is 11.1. The second-order valence-electron chi connectivity index (χ2n) is 4.32. The Morgan fingerprint density at radius 1 is 1.47 bits per heavy atom. The molecule has 0 bridgehead atoms. The lowest BCUT2D eigenvalue weighted by atomic mass is 9.98. The Morgan fingerprint density at radius 2 is 2.18 bits per heavy atom. The average Bonchev–Trinajstić information content (AvgIpc) is 2.25. The van der Waals surface area contributed by atoms with Crippen molar-refractivity contribution in [1.82, 2.24) is 0 Å². The summed E-state index contributed by atoms with van der Waals surface area (Å²) in [5, 5.41) is 11.8. The summed E-state index contributed by atoms with van der Waals surface area (Å²) in [4.78, 5) is 10.3. The first-order valence-corrected chi connectivity index (χ1v) is 5.75. The first kappa shape index (κ1) is 13.3. The topological polar surface area (TPSA) is 49.3 Å². The Balaban J connectivity index is 2.79. The fraction of sp³-hybridized carbons (Fsp3) is 0.357. The van der Waals surface area contributed by atoms with Crippen molar-refractivity contribution in [3.63, 3.8) is 0 Å². The van der Waals surface area contributed by atoms with Crippen LogP contribution in [0.1, 0.15) is 30.9 Å². The fourth-order valence-corrected chi connectivity index (χ4v) is 1.73. The van der Waals surface area contributed by atoms with E-state index in [4.69, 9.17) is 5.11 Å². The van der Waals surface area contributed by atoms with E-state index in [9.17, 15) is 4.79 Å². The van der Waals surface area contributed by atoms with Crippen molar-refractivity contribution >= 4 is 11.7 Å².